The van der Waals surface area contributed by atoms with E-state index < -0.39 is 5.97 Å². The van der Waals surface area contributed by atoms with Crippen molar-refractivity contribution < 1.29 is 23.9 Å². The zero-order valence-corrected chi connectivity index (χ0v) is 17.2. The van der Waals surface area contributed by atoms with Crippen molar-refractivity contribution in [2.24, 2.45) is 11.7 Å². The maximum Gasteiger partial charge on any atom is 0.331 e. The van der Waals surface area contributed by atoms with Crippen LogP contribution in [-0.4, -0.2) is 42.4 Å². The average molecular weight is 422 g/mol. The molecule has 1 fully saturated rings. The fourth-order valence-electron chi connectivity index (χ4n) is 3.27. The van der Waals surface area contributed by atoms with Crippen LogP contribution in [0.1, 0.15) is 24.0 Å². The van der Waals surface area contributed by atoms with Crippen LogP contribution in [0.4, 0.5) is 0 Å². The average Bonchev–Trinajstić information content (AvgIpc) is 2.81. The number of carbonyl (C=O) groups excluding carboxylic acids is 3. The Bertz CT molecular complexity index is 917. The lowest BCUT2D eigenvalue weighted by atomic mass is 9.96. The van der Waals surface area contributed by atoms with Gasteiger partial charge in [0.2, 0.25) is 5.91 Å². The van der Waals surface area contributed by atoms with Gasteiger partial charge in [0, 0.05) is 25.1 Å². The third-order valence-electron chi connectivity index (χ3n) is 5.13. The van der Waals surface area contributed by atoms with Crippen molar-refractivity contribution in [3.8, 4) is 5.75 Å². The second-order valence-electron chi connectivity index (χ2n) is 7.34. The summed E-state index contributed by atoms with van der Waals surface area (Å²) < 4.78 is 10.8. The van der Waals surface area contributed by atoms with Crippen LogP contribution >= 0.6 is 0 Å². The van der Waals surface area contributed by atoms with Crippen molar-refractivity contribution in [3.63, 3.8) is 0 Å². The highest BCUT2D eigenvalue weighted by Gasteiger charge is 2.26. The number of nitrogens with two attached hydrogens (primary N) is 1. The molecule has 0 unspecified atom stereocenters. The molecule has 0 radical (unpaired) electrons. The fourth-order valence-corrected chi connectivity index (χ4v) is 3.27. The SMILES string of the molecule is NC(=O)C1CCN(C(=O)COC(=O)/C=C/c2ccc(OCc3ccccc3)cc2)CC1. The van der Waals surface area contributed by atoms with E-state index in [2.05, 4.69) is 0 Å². The predicted molar refractivity (Wildman–Crippen MR) is 116 cm³/mol. The Morgan fingerprint density at radius 1 is 1.00 bits per heavy atom. The summed E-state index contributed by atoms with van der Waals surface area (Å²) in [5, 5.41) is 0. The van der Waals surface area contributed by atoms with E-state index in [1.54, 1.807) is 11.0 Å². The summed E-state index contributed by atoms with van der Waals surface area (Å²) in [5.74, 6) is -0.659. The summed E-state index contributed by atoms with van der Waals surface area (Å²) in [6.45, 7) is 1.05. The molecular formula is C24H26N2O5. The normalized spacial score (nSPS) is 14.4. The van der Waals surface area contributed by atoms with Crippen LogP contribution in [0.3, 0.4) is 0 Å². The molecule has 31 heavy (non-hydrogen) atoms. The second kappa shape index (κ2) is 11.0. The van der Waals surface area contributed by atoms with E-state index in [1.807, 2.05) is 54.6 Å². The van der Waals surface area contributed by atoms with Crippen molar-refractivity contribution in [1.29, 1.82) is 0 Å². The second-order valence-corrected chi connectivity index (χ2v) is 7.34. The van der Waals surface area contributed by atoms with Gasteiger partial charge in [0.25, 0.3) is 5.91 Å². The van der Waals surface area contributed by atoms with E-state index in [4.69, 9.17) is 15.2 Å². The molecule has 1 aliphatic rings. The molecule has 0 aliphatic carbocycles. The number of primary amides is 1. The van der Waals surface area contributed by atoms with Crippen molar-refractivity contribution in [1.82, 2.24) is 4.90 Å². The smallest absolute Gasteiger partial charge is 0.331 e. The topological polar surface area (TPSA) is 98.9 Å². The quantitative estimate of drug-likeness (QED) is 0.521. The maximum atomic E-state index is 12.1. The Labute approximate surface area is 181 Å². The minimum atomic E-state index is -0.593. The number of hydrogen-bond acceptors (Lipinski definition) is 5. The van der Waals surface area contributed by atoms with Gasteiger partial charge in [0.05, 0.1) is 0 Å². The Morgan fingerprint density at radius 2 is 1.68 bits per heavy atom. The number of nitrogens with zero attached hydrogens (tertiary/aromatic N) is 1. The highest BCUT2D eigenvalue weighted by Crippen LogP contribution is 2.17. The lowest BCUT2D eigenvalue weighted by Gasteiger charge is -2.30. The highest BCUT2D eigenvalue weighted by atomic mass is 16.5. The summed E-state index contributed by atoms with van der Waals surface area (Å²) in [4.78, 5) is 36.8. The first-order valence-corrected chi connectivity index (χ1v) is 10.2. The monoisotopic (exact) mass is 422 g/mol. The molecule has 7 heteroatoms. The van der Waals surface area contributed by atoms with Gasteiger partial charge in [-0.25, -0.2) is 4.79 Å². The lowest BCUT2D eigenvalue weighted by molar-refractivity contribution is -0.149. The van der Waals surface area contributed by atoms with E-state index in [9.17, 15) is 14.4 Å². The standard InChI is InChI=1S/C24H26N2O5/c25-24(29)20-12-14-26(15-13-20)22(27)17-31-23(28)11-8-18-6-9-21(10-7-18)30-16-19-4-2-1-3-5-19/h1-11,20H,12-17H2,(H2,25,29)/b11-8+. The zero-order valence-electron chi connectivity index (χ0n) is 17.2. The van der Waals surface area contributed by atoms with Gasteiger partial charge in [-0.2, -0.15) is 0 Å². The Balaban J connectivity index is 1.39. The van der Waals surface area contributed by atoms with Crippen LogP contribution in [-0.2, 0) is 25.7 Å². The maximum absolute atomic E-state index is 12.1. The number of amides is 2. The molecule has 2 amide bonds. The number of piperidine rings is 1. The number of esters is 1. The largest absolute Gasteiger partial charge is 0.489 e. The molecule has 0 saturated carbocycles. The third kappa shape index (κ3) is 6.99. The van der Waals surface area contributed by atoms with E-state index >= 15 is 0 Å². The van der Waals surface area contributed by atoms with Gasteiger partial charge >= 0.3 is 5.97 Å². The molecular weight excluding hydrogens is 396 g/mol. The van der Waals surface area contributed by atoms with Gasteiger partial charge in [-0.1, -0.05) is 42.5 Å². The van der Waals surface area contributed by atoms with E-state index in [-0.39, 0.29) is 24.3 Å². The Kier molecular flexibility index (Phi) is 7.81. The van der Waals surface area contributed by atoms with Crippen LogP contribution in [0.15, 0.2) is 60.7 Å². The number of carbonyl (C=O) groups is 3. The number of likely N-dealkylation sites (tertiary alicyclic amines) is 1. The number of ether oxygens (including phenoxy) is 2. The number of hydrogen-bond donors (Lipinski definition) is 1. The molecule has 0 atom stereocenters. The molecule has 0 aromatic heterocycles. The zero-order chi connectivity index (χ0) is 22.1. The molecule has 1 heterocycles. The number of rotatable bonds is 8. The summed E-state index contributed by atoms with van der Waals surface area (Å²) >= 11 is 0. The van der Waals surface area contributed by atoms with Crippen molar-refractivity contribution in [2.75, 3.05) is 19.7 Å². The molecule has 1 aliphatic heterocycles. The molecule has 7 nitrogen and oxygen atoms in total. The molecule has 3 rings (SSSR count). The van der Waals surface area contributed by atoms with Gasteiger partial charge in [-0.15, -0.1) is 0 Å². The molecule has 2 aromatic rings. The van der Waals surface area contributed by atoms with Crippen molar-refractivity contribution in [3.05, 3.63) is 71.8 Å². The van der Waals surface area contributed by atoms with E-state index in [0.717, 1.165) is 16.9 Å². The minimum absolute atomic E-state index is 0.190. The van der Waals surface area contributed by atoms with Crippen LogP contribution in [0, 0.1) is 5.92 Å². The molecule has 162 valence electrons. The third-order valence-corrected chi connectivity index (χ3v) is 5.13. The van der Waals surface area contributed by atoms with E-state index in [1.165, 1.54) is 6.08 Å². The summed E-state index contributed by atoms with van der Waals surface area (Å²) in [6.07, 6.45) is 3.98. The van der Waals surface area contributed by atoms with Crippen LogP contribution in [0.5, 0.6) is 5.75 Å². The number of benzene rings is 2. The molecule has 2 N–H and O–H groups in total. The Hall–Kier alpha value is -3.61. The van der Waals surface area contributed by atoms with Gasteiger partial charge in [-0.05, 0) is 42.2 Å². The van der Waals surface area contributed by atoms with Crippen LogP contribution in [0.2, 0.25) is 0 Å². The van der Waals surface area contributed by atoms with Gasteiger partial charge in [-0.3, -0.25) is 9.59 Å². The van der Waals surface area contributed by atoms with Gasteiger partial charge < -0.3 is 20.1 Å². The predicted octanol–water partition coefficient (Wildman–Crippen LogP) is 2.55. The van der Waals surface area contributed by atoms with Crippen LogP contribution in [0.25, 0.3) is 6.08 Å². The van der Waals surface area contributed by atoms with E-state index in [0.29, 0.717) is 32.5 Å². The first-order valence-electron chi connectivity index (χ1n) is 10.2. The summed E-state index contributed by atoms with van der Waals surface area (Å²) in [5.41, 5.74) is 7.18. The first-order chi connectivity index (χ1) is 15.0. The fraction of sp³-hybridized carbons (Fsp3) is 0.292. The van der Waals surface area contributed by atoms with Crippen molar-refractivity contribution in [2.45, 2.75) is 19.4 Å². The van der Waals surface area contributed by atoms with Gasteiger partial charge in [0.15, 0.2) is 6.61 Å². The lowest BCUT2D eigenvalue weighted by Crippen LogP contribution is -2.43. The minimum Gasteiger partial charge on any atom is -0.489 e. The van der Waals surface area contributed by atoms with Crippen LogP contribution < -0.4 is 10.5 Å². The van der Waals surface area contributed by atoms with Crippen molar-refractivity contribution >= 4 is 23.9 Å². The summed E-state index contributed by atoms with van der Waals surface area (Å²) in [7, 11) is 0. The Morgan fingerprint density at radius 3 is 2.32 bits per heavy atom. The molecule has 2 aromatic carbocycles. The summed E-state index contributed by atoms with van der Waals surface area (Å²) in [6, 6.07) is 17.2. The molecule has 0 bridgehead atoms. The first kappa shape index (κ1) is 22.1. The molecule has 1 saturated heterocycles. The highest BCUT2D eigenvalue weighted by molar-refractivity contribution is 5.89. The van der Waals surface area contributed by atoms with Gasteiger partial charge in [0.1, 0.15) is 12.4 Å². The molecule has 0 spiro atoms.